The van der Waals surface area contributed by atoms with Gasteiger partial charge in [0, 0.05) is 0 Å². The second-order valence-electron chi connectivity index (χ2n) is 8.95. The Morgan fingerprint density at radius 3 is 1.89 bits per heavy atom. The average Bonchev–Trinajstić information content (AvgIpc) is 2.27. The zero-order chi connectivity index (χ0) is 12.8. The Kier molecular flexibility index (Phi) is 3.27. The zero-order valence-corrected chi connectivity index (χ0v) is 12.8. The fourth-order valence-corrected chi connectivity index (χ4v) is 5.59. The van der Waals surface area contributed by atoms with Gasteiger partial charge in [0.25, 0.3) is 0 Å². The van der Waals surface area contributed by atoms with Crippen molar-refractivity contribution in [2.24, 2.45) is 28.6 Å². The van der Waals surface area contributed by atoms with E-state index >= 15 is 0 Å². The highest BCUT2D eigenvalue weighted by molar-refractivity contribution is 4.96. The van der Waals surface area contributed by atoms with Crippen LogP contribution in [0.5, 0.6) is 0 Å². The molecule has 0 aromatic carbocycles. The van der Waals surface area contributed by atoms with E-state index in [0.717, 1.165) is 23.2 Å². The molecule has 0 N–H and O–H groups in total. The standard InChI is InChI=1S/C18H32/c1-17(2,3)16-7-9-18(10-8-16)12-14-5-4-6-15(11-14)13-18/h14-16H,4-13H2,1-3H3. The Labute approximate surface area is 114 Å². The molecule has 0 aromatic heterocycles. The molecule has 18 heavy (non-hydrogen) atoms. The molecule has 2 unspecified atom stereocenters. The first-order chi connectivity index (χ1) is 8.47. The fourth-order valence-electron chi connectivity index (χ4n) is 5.59. The molecule has 0 amide bonds. The summed E-state index contributed by atoms with van der Waals surface area (Å²) in [6, 6.07) is 0. The van der Waals surface area contributed by atoms with Crippen molar-refractivity contribution in [1.82, 2.24) is 0 Å². The molecular formula is C18H32. The molecule has 0 heterocycles. The van der Waals surface area contributed by atoms with Crippen LogP contribution in [-0.2, 0) is 0 Å². The van der Waals surface area contributed by atoms with Crippen LogP contribution in [0.2, 0.25) is 0 Å². The van der Waals surface area contributed by atoms with Crippen molar-refractivity contribution in [3.8, 4) is 0 Å². The molecule has 3 rings (SSSR count). The zero-order valence-electron chi connectivity index (χ0n) is 12.8. The summed E-state index contributed by atoms with van der Waals surface area (Å²) in [6.45, 7) is 7.35. The van der Waals surface area contributed by atoms with Crippen molar-refractivity contribution in [1.29, 1.82) is 0 Å². The number of rotatable bonds is 0. The van der Waals surface area contributed by atoms with E-state index in [-0.39, 0.29) is 0 Å². The van der Waals surface area contributed by atoms with Crippen LogP contribution in [0.3, 0.4) is 0 Å². The van der Waals surface area contributed by atoms with Crippen LogP contribution >= 0.6 is 0 Å². The largest absolute Gasteiger partial charge is 0.0599 e. The third-order valence-electron chi connectivity index (χ3n) is 6.61. The van der Waals surface area contributed by atoms with Gasteiger partial charge in [0.2, 0.25) is 0 Å². The first-order valence-electron chi connectivity index (χ1n) is 8.47. The van der Waals surface area contributed by atoms with Gasteiger partial charge in [-0.05, 0) is 73.5 Å². The minimum absolute atomic E-state index is 0.548. The van der Waals surface area contributed by atoms with E-state index < -0.39 is 0 Å². The summed E-state index contributed by atoms with van der Waals surface area (Å²) >= 11 is 0. The summed E-state index contributed by atoms with van der Waals surface area (Å²) < 4.78 is 0. The molecule has 104 valence electrons. The lowest BCUT2D eigenvalue weighted by Gasteiger charge is -2.52. The molecule has 1 spiro atoms. The van der Waals surface area contributed by atoms with Crippen molar-refractivity contribution >= 4 is 0 Å². The maximum absolute atomic E-state index is 2.45. The maximum atomic E-state index is 2.45. The van der Waals surface area contributed by atoms with Crippen molar-refractivity contribution in [3.63, 3.8) is 0 Å². The first kappa shape index (κ1) is 13.0. The van der Waals surface area contributed by atoms with E-state index in [0.29, 0.717) is 5.41 Å². The molecule has 2 atom stereocenters. The van der Waals surface area contributed by atoms with Crippen molar-refractivity contribution in [3.05, 3.63) is 0 Å². The molecule has 0 radical (unpaired) electrons. The van der Waals surface area contributed by atoms with Crippen molar-refractivity contribution < 1.29 is 0 Å². The third kappa shape index (κ3) is 2.49. The highest BCUT2D eigenvalue weighted by Gasteiger charge is 2.45. The lowest BCUT2D eigenvalue weighted by atomic mass is 9.54. The van der Waals surface area contributed by atoms with Crippen molar-refractivity contribution in [2.75, 3.05) is 0 Å². The van der Waals surface area contributed by atoms with Crippen LogP contribution < -0.4 is 0 Å². The number of fused-ring (bicyclic) bond motifs is 2. The average molecular weight is 248 g/mol. The molecule has 3 aliphatic carbocycles. The lowest BCUT2D eigenvalue weighted by Crippen LogP contribution is -2.40. The van der Waals surface area contributed by atoms with E-state index in [1.165, 1.54) is 19.3 Å². The summed E-state index contributed by atoms with van der Waals surface area (Å²) in [5, 5.41) is 0. The minimum atomic E-state index is 0.548. The molecule has 0 nitrogen and oxygen atoms in total. The van der Waals surface area contributed by atoms with E-state index in [9.17, 15) is 0 Å². The summed E-state index contributed by atoms with van der Waals surface area (Å²) in [4.78, 5) is 0. The third-order valence-corrected chi connectivity index (χ3v) is 6.61. The Morgan fingerprint density at radius 1 is 0.833 bits per heavy atom. The van der Waals surface area contributed by atoms with E-state index in [1.54, 1.807) is 44.9 Å². The molecule has 3 saturated carbocycles. The molecule has 0 heteroatoms. The number of hydrogen-bond donors (Lipinski definition) is 0. The van der Waals surface area contributed by atoms with Crippen LogP contribution in [0.4, 0.5) is 0 Å². The molecule has 3 aliphatic rings. The van der Waals surface area contributed by atoms with Gasteiger partial charge in [-0.3, -0.25) is 0 Å². The smallest absolute Gasteiger partial charge is 0.0292 e. The SMILES string of the molecule is CC(C)(C)C1CCC2(CC1)CC1CCCC(C1)C2. The van der Waals surface area contributed by atoms with Crippen LogP contribution in [0, 0.1) is 28.6 Å². The molecule has 0 saturated heterocycles. The van der Waals surface area contributed by atoms with Crippen molar-refractivity contribution in [2.45, 2.75) is 85.0 Å². The summed E-state index contributed by atoms with van der Waals surface area (Å²) in [5.74, 6) is 3.22. The van der Waals surface area contributed by atoms with Gasteiger partial charge < -0.3 is 0 Å². The predicted octanol–water partition coefficient (Wildman–Crippen LogP) is 5.81. The molecule has 0 aromatic rings. The van der Waals surface area contributed by atoms with Gasteiger partial charge >= 0.3 is 0 Å². The molecule has 3 fully saturated rings. The summed E-state index contributed by atoms with van der Waals surface area (Å²) in [5.41, 5.74) is 1.35. The molecular weight excluding hydrogens is 216 g/mol. The molecule has 0 aliphatic heterocycles. The van der Waals surface area contributed by atoms with Gasteiger partial charge in [-0.2, -0.15) is 0 Å². The Morgan fingerprint density at radius 2 is 1.39 bits per heavy atom. The second-order valence-corrected chi connectivity index (χ2v) is 8.95. The maximum Gasteiger partial charge on any atom is -0.0292 e. The van der Waals surface area contributed by atoms with Gasteiger partial charge in [0.15, 0.2) is 0 Å². The van der Waals surface area contributed by atoms with Gasteiger partial charge in [-0.15, -0.1) is 0 Å². The molecule has 2 bridgehead atoms. The monoisotopic (exact) mass is 248 g/mol. The van der Waals surface area contributed by atoms with E-state index in [2.05, 4.69) is 20.8 Å². The summed E-state index contributed by atoms with van der Waals surface area (Å²) in [6.07, 6.45) is 15.6. The van der Waals surface area contributed by atoms with Gasteiger partial charge in [-0.1, -0.05) is 40.0 Å². The fraction of sp³-hybridized carbons (Fsp3) is 1.00. The normalized spacial score (nSPS) is 45.2. The van der Waals surface area contributed by atoms with E-state index in [4.69, 9.17) is 0 Å². The predicted molar refractivity (Wildman–Crippen MR) is 78.5 cm³/mol. The van der Waals surface area contributed by atoms with Gasteiger partial charge in [0.1, 0.15) is 0 Å². The number of hydrogen-bond acceptors (Lipinski definition) is 0. The lowest BCUT2D eigenvalue weighted by molar-refractivity contribution is -0.00342. The Bertz CT molecular complexity index is 274. The summed E-state index contributed by atoms with van der Waals surface area (Å²) in [7, 11) is 0. The quantitative estimate of drug-likeness (QED) is 0.507. The van der Waals surface area contributed by atoms with Gasteiger partial charge in [-0.25, -0.2) is 0 Å². The Hall–Kier alpha value is 0. The van der Waals surface area contributed by atoms with Crippen LogP contribution in [0.1, 0.15) is 85.0 Å². The van der Waals surface area contributed by atoms with Crippen LogP contribution in [-0.4, -0.2) is 0 Å². The van der Waals surface area contributed by atoms with Gasteiger partial charge in [0.05, 0.1) is 0 Å². The first-order valence-corrected chi connectivity index (χ1v) is 8.47. The van der Waals surface area contributed by atoms with Crippen LogP contribution in [0.25, 0.3) is 0 Å². The van der Waals surface area contributed by atoms with E-state index in [1.807, 2.05) is 0 Å². The Balaban J connectivity index is 1.64. The highest BCUT2D eigenvalue weighted by atomic mass is 14.5. The van der Waals surface area contributed by atoms with Crippen LogP contribution in [0.15, 0.2) is 0 Å². The highest BCUT2D eigenvalue weighted by Crippen LogP contribution is 2.57. The minimum Gasteiger partial charge on any atom is -0.0599 e. The topological polar surface area (TPSA) is 0 Å². The second kappa shape index (κ2) is 4.53.